The monoisotopic (exact) mass is 391 g/mol. The Labute approximate surface area is 178 Å². The molecule has 0 radical (unpaired) electrons. The van der Waals surface area contributed by atoms with Crippen molar-refractivity contribution in [1.82, 2.24) is 0 Å². The molecule has 3 fully saturated rings. The van der Waals surface area contributed by atoms with Gasteiger partial charge in [-0.1, -0.05) is 58.9 Å². The second-order valence-corrected chi connectivity index (χ2v) is 12.1. The van der Waals surface area contributed by atoms with Crippen molar-refractivity contribution in [3.05, 3.63) is 40.5 Å². The molecule has 1 spiro atoms. The van der Waals surface area contributed by atoms with E-state index in [1.54, 1.807) is 11.1 Å². The fourth-order valence-electron chi connectivity index (χ4n) is 9.19. The molecule has 5 rings (SSSR count). The van der Waals surface area contributed by atoms with Gasteiger partial charge >= 0.3 is 0 Å². The van der Waals surface area contributed by atoms with Crippen molar-refractivity contribution in [2.24, 2.45) is 39.7 Å². The summed E-state index contributed by atoms with van der Waals surface area (Å²) in [6.45, 7) is 15.7. The lowest BCUT2D eigenvalue weighted by Crippen LogP contribution is -2.55. The Morgan fingerprint density at radius 1 is 1.14 bits per heavy atom. The van der Waals surface area contributed by atoms with Crippen LogP contribution in [0.4, 0.5) is 0 Å². The first-order valence-corrected chi connectivity index (χ1v) is 12.2. The number of fused-ring (bicyclic) bond motifs is 1. The molecule has 3 saturated carbocycles. The summed E-state index contributed by atoms with van der Waals surface area (Å²) in [5, 5.41) is 0. The van der Waals surface area contributed by atoms with E-state index >= 15 is 0 Å². The summed E-state index contributed by atoms with van der Waals surface area (Å²) in [6, 6.07) is 4.98. The van der Waals surface area contributed by atoms with Crippen LogP contribution in [0.25, 0.3) is 6.08 Å². The van der Waals surface area contributed by atoms with Crippen molar-refractivity contribution < 1.29 is 0 Å². The van der Waals surface area contributed by atoms with Crippen LogP contribution in [0.5, 0.6) is 0 Å². The quantitative estimate of drug-likeness (QED) is 0.599. The van der Waals surface area contributed by atoms with Gasteiger partial charge in [0, 0.05) is 5.41 Å². The standard InChI is InChI=1S/C28H41N/c1-7-20-8-9-24-22(18(20)2)10-12-26(6)23-11-13-28(24,26)17-27(19(23)3)14-21(15-29)25(4,5)16-27/h8-10,12,19,21,23H,7,11,13-17,29H2,1-6H3. The van der Waals surface area contributed by atoms with Gasteiger partial charge in [-0.2, -0.15) is 0 Å². The Balaban J connectivity index is 1.68. The summed E-state index contributed by atoms with van der Waals surface area (Å²) < 4.78 is 0. The summed E-state index contributed by atoms with van der Waals surface area (Å²) >= 11 is 0. The zero-order valence-electron chi connectivity index (χ0n) is 19.6. The van der Waals surface area contributed by atoms with Gasteiger partial charge in [-0.15, -0.1) is 0 Å². The molecule has 0 saturated heterocycles. The summed E-state index contributed by atoms with van der Waals surface area (Å²) in [7, 11) is 0. The van der Waals surface area contributed by atoms with Gasteiger partial charge < -0.3 is 5.73 Å². The van der Waals surface area contributed by atoms with E-state index in [2.05, 4.69) is 65.8 Å². The van der Waals surface area contributed by atoms with Crippen LogP contribution in [0.1, 0.15) is 89.0 Å². The average Bonchev–Trinajstić information content (AvgIpc) is 3.07. The highest BCUT2D eigenvalue weighted by atomic mass is 14.7. The van der Waals surface area contributed by atoms with Crippen molar-refractivity contribution in [1.29, 1.82) is 0 Å². The third kappa shape index (κ3) is 2.26. The SMILES string of the molecule is CCc1ccc2c(c1C)C=CC1(C)C3CCC21CC1(CC(CN)C(C)(C)C1)C3C. The maximum absolute atomic E-state index is 6.30. The third-order valence-electron chi connectivity index (χ3n) is 10.9. The molecular formula is C28H41N. The molecule has 6 atom stereocenters. The highest BCUT2D eigenvalue weighted by Gasteiger charge is 2.69. The Morgan fingerprint density at radius 2 is 1.90 bits per heavy atom. The first-order valence-electron chi connectivity index (χ1n) is 12.2. The first kappa shape index (κ1) is 19.9. The molecule has 0 amide bonds. The summed E-state index contributed by atoms with van der Waals surface area (Å²) in [6.07, 6.45) is 13.1. The molecular weight excluding hydrogens is 350 g/mol. The predicted molar refractivity (Wildman–Crippen MR) is 124 cm³/mol. The highest BCUT2D eigenvalue weighted by molar-refractivity contribution is 5.67. The van der Waals surface area contributed by atoms with E-state index in [9.17, 15) is 0 Å². The van der Waals surface area contributed by atoms with E-state index in [4.69, 9.17) is 5.73 Å². The van der Waals surface area contributed by atoms with E-state index < -0.39 is 0 Å². The molecule has 2 N–H and O–H groups in total. The van der Waals surface area contributed by atoms with Gasteiger partial charge in [-0.3, -0.25) is 0 Å². The number of nitrogens with two attached hydrogens (primary N) is 1. The summed E-state index contributed by atoms with van der Waals surface area (Å²) in [4.78, 5) is 0. The minimum Gasteiger partial charge on any atom is -0.330 e. The molecule has 0 heterocycles. The maximum atomic E-state index is 6.30. The van der Waals surface area contributed by atoms with Crippen molar-refractivity contribution >= 4 is 6.08 Å². The molecule has 6 unspecified atom stereocenters. The molecule has 0 aromatic heterocycles. The van der Waals surface area contributed by atoms with Crippen molar-refractivity contribution in [2.45, 2.75) is 85.5 Å². The smallest absolute Gasteiger partial charge is 0.00556 e. The normalized spacial score (nSPS) is 44.2. The van der Waals surface area contributed by atoms with E-state index in [0.29, 0.717) is 27.6 Å². The summed E-state index contributed by atoms with van der Waals surface area (Å²) in [5.41, 5.74) is 14.1. The molecule has 1 aromatic carbocycles. The van der Waals surface area contributed by atoms with Gasteiger partial charge in [0.15, 0.2) is 0 Å². The van der Waals surface area contributed by atoms with Gasteiger partial charge in [-0.25, -0.2) is 0 Å². The number of hydrogen-bond donors (Lipinski definition) is 1. The average molecular weight is 392 g/mol. The Kier molecular flexibility index (Phi) is 4.11. The van der Waals surface area contributed by atoms with Crippen molar-refractivity contribution in [3.8, 4) is 0 Å². The zero-order chi connectivity index (χ0) is 20.8. The zero-order valence-corrected chi connectivity index (χ0v) is 19.6. The van der Waals surface area contributed by atoms with Crippen LogP contribution >= 0.6 is 0 Å². The van der Waals surface area contributed by atoms with Gasteiger partial charge in [-0.05, 0) is 108 Å². The lowest BCUT2D eigenvalue weighted by Gasteiger charge is -2.60. The van der Waals surface area contributed by atoms with Gasteiger partial charge in [0.1, 0.15) is 0 Å². The van der Waals surface area contributed by atoms with Crippen LogP contribution in [0.2, 0.25) is 0 Å². The fraction of sp³-hybridized carbons (Fsp3) is 0.714. The van der Waals surface area contributed by atoms with Gasteiger partial charge in [0.25, 0.3) is 0 Å². The van der Waals surface area contributed by atoms with E-state index in [1.165, 1.54) is 43.2 Å². The molecule has 1 aromatic rings. The van der Waals surface area contributed by atoms with Crippen molar-refractivity contribution in [3.63, 3.8) is 0 Å². The molecule has 4 aliphatic carbocycles. The molecule has 1 heteroatoms. The predicted octanol–water partition coefficient (Wildman–Crippen LogP) is 6.66. The second kappa shape index (κ2) is 6.00. The van der Waals surface area contributed by atoms with Gasteiger partial charge in [0.05, 0.1) is 0 Å². The van der Waals surface area contributed by atoms with Crippen LogP contribution in [-0.4, -0.2) is 6.54 Å². The van der Waals surface area contributed by atoms with E-state index in [0.717, 1.165) is 24.8 Å². The van der Waals surface area contributed by atoms with Crippen LogP contribution in [0, 0.1) is 40.9 Å². The minimum atomic E-state index is 0.315. The molecule has 29 heavy (non-hydrogen) atoms. The van der Waals surface area contributed by atoms with Crippen LogP contribution in [0.3, 0.4) is 0 Å². The Morgan fingerprint density at radius 3 is 2.55 bits per heavy atom. The Bertz CT molecular complexity index is 879. The van der Waals surface area contributed by atoms with E-state index in [1.807, 2.05) is 0 Å². The second-order valence-electron chi connectivity index (χ2n) is 12.1. The lowest BCUT2D eigenvalue weighted by molar-refractivity contribution is -0.0424. The lowest BCUT2D eigenvalue weighted by atomic mass is 9.43. The molecule has 4 aliphatic rings. The summed E-state index contributed by atoms with van der Waals surface area (Å²) in [5.74, 6) is 2.27. The number of rotatable bonds is 2. The minimum absolute atomic E-state index is 0.315. The van der Waals surface area contributed by atoms with Crippen molar-refractivity contribution in [2.75, 3.05) is 6.54 Å². The number of aryl methyl sites for hydroxylation is 1. The highest BCUT2D eigenvalue weighted by Crippen LogP contribution is 2.76. The number of allylic oxidation sites excluding steroid dienone is 1. The topological polar surface area (TPSA) is 26.0 Å². The van der Waals surface area contributed by atoms with Crippen LogP contribution in [-0.2, 0) is 11.8 Å². The maximum Gasteiger partial charge on any atom is 0.00556 e. The fourth-order valence-corrected chi connectivity index (χ4v) is 9.19. The van der Waals surface area contributed by atoms with E-state index in [-0.39, 0.29) is 0 Å². The molecule has 0 aliphatic heterocycles. The van der Waals surface area contributed by atoms with Gasteiger partial charge in [0.2, 0.25) is 0 Å². The largest absolute Gasteiger partial charge is 0.330 e. The number of hydrogen-bond acceptors (Lipinski definition) is 1. The third-order valence-corrected chi connectivity index (χ3v) is 10.9. The number of benzene rings is 1. The first-order chi connectivity index (χ1) is 13.6. The molecule has 2 bridgehead atoms. The Hall–Kier alpha value is -1.08. The molecule has 1 nitrogen and oxygen atoms in total. The molecule has 158 valence electrons. The van der Waals surface area contributed by atoms with Crippen LogP contribution < -0.4 is 5.73 Å². The van der Waals surface area contributed by atoms with Crippen LogP contribution in [0.15, 0.2) is 18.2 Å².